The van der Waals surface area contributed by atoms with Gasteiger partial charge in [0.15, 0.2) is 18.2 Å². The van der Waals surface area contributed by atoms with Crippen LogP contribution in [0.1, 0.15) is 36.9 Å². The van der Waals surface area contributed by atoms with Crippen molar-refractivity contribution >= 4 is 28.2 Å². The van der Waals surface area contributed by atoms with Crippen molar-refractivity contribution in [2.24, 2.45) is 0 Å². The number of ether oxygens (including phenoxy) is 2. The predicted octanol–water partition coefficient (Wildman–Crippen LogP) is 4.12. The number of aromatic nitrogens is 3. The van der Waals surface area contributed by atoms with Gasteiger partial charge in [0.25, 0.3) is 0 Å². The normalized spacial score (nSPS) is 23.2. The number of nitrogens with one attached hydrogen (secondary N) is 1. The first-order valence-corrected chi connectivity index (χ1v) is 11.9. The van der Waals surface area contributed by atoms with E-state index in [2.05, 4.69) is 26.5 Å². The minimum Gasteiger partial charge on any atom is -0.486 e. The Hall–Kier alpha value is -3.27. The van der Waals surface area contributed by atoms with E-state index >= 15 is 0 Å². The maximum Gasteiger partial charge on any atom is 0.310 e. The molecule has 5 heterocycles. The van der Waals surface area contributed by atoms with Crippen molar-refractivity contribution in [1.29, 1.82) is 0 Å². The Balaban J connectivity index is 1.40. The highest BCUT2D eigenvalue weighted by Gasteiger charge is 2.43. The van der Waals surface area contributed by atoms with Crippen LogP contribution in [-0.2, 0) is 10.7 Å². The maximum absolute atomic E-state index is 14.2. The minimum absolute atomic E-state index is 0.0747. The second-order valence-electron chi connectivity index (χ2n) is 9.77. The fourth-order valence-corrected chi connectivity index (χ4v) is 5.48. The molecule has 2 unspecified atom stereocenters. The Morgan fingerprint density at radius 3 is 2.69 bits per heavy atom. The Kier molecular flexibility index (Phi) is 5.17. The molecule has 1 N–H and O–H groups in total. The highest BCUT2D eigenvalue weighted by Crippen LogP contribution is 2.45. The van der Waals surface area contributed by atoms with E-state index < -0.39 is 12.5 Å². The first-order chi connectivity index (χ1) is 16.8. The molecule has 184 valence electrons. The monoisotopic (exact) mass is 482 g/mol. The number of benzene rings is 1. The summed E-state index contributed by atoms with van der Waals surface area (Å²) in [4.78, 5) is 9.10. The smallest absolute Gasteiger partial charge is 0.310 e. The highest BCUT2D eigenvalue weighted by atomic mass is 19.3. The summed E-state index contributed by atoms with van der Waals surface area (Å²) in [7, 11) is 3.81. The number of fused-ring (bicyclic) bond motifs is 4. The van der Waals surface area contributed by atoms with Crippen molar-refractivity contribution in [2.45, 2.75) is 43.8 Å². The van der Waals surface area contributed by atoms with E-state index in [4.69, 9.17) is 14.5 Å². The number of rotatable bonds is 5. The van der Waals surface area contributed by atoms with Gasteiger partial charge in [0.05, 0.1) is 54.2 Å². The zero-order chi connectivity index (χ0) is 24.3. The molecule has 2 aromatic heterocycles. The maximum atomic E-state index is 14.2. The van der Waals surface area contributed by atoms with Gasteiger partial charge in [-0.25, -0.2) is 4.98 Å². The van der Waals surface area contributed by atoms with Crippen LogP contribution in [0.5, 0.6) is 5.75 Å². The number of hydrogen-bond donors (Lipinski definition) is 1. The average Bonchev–Trinajstić information content (AvgIpc) is 3.29. The van der Waals surface area contributed by atoms with Crippen molar-refractivity contribution in [3.05, 3.63) is 41.6 Å². The van der Waals surface area contributed by atoms with Gasteiger partial charge in [-0.2, -0.15) is 8.78 Å². The Bertz CT molecular complexity index is 1270. The molecule has 2 fully saturated rings. The fourth-order valence-electron chi connectivity index (χ4n) is 5.48. The molecule has 8 nitrogen and oxygen atoms in total. The van der Waals surface area contributed by atoms with Crippen LogP contribution in [-0.4, -0.2) is 61.2 Å². The van der Waals surface area contributed by atoms with Crippen molar-refractivity contribution in [3.8, 4) is 5.75 Å². The summed E-state index contributed by atoms with van der Waals surface area (Å²) in [5.74, 6) is -1.53. The summed E-state index contributed by atoms with van der Waals surface area (Å²) in [5.41, 5.74) is 2.34. The summed E-state index contributed by atoms with van der Waals surface area (Å²) in [5, 5.41) is 13.1. The predicted molar refractivity (Wildman–Crippen MR) is 130 cm³/mol. The van der Waals surface area contributed by atoms with E-state index in [-0.39, 0.29) is 17.4 Å². The SMILES string of the molecule is C[C@@H](Nc1nnc(N(C)C)c2ncc(N3C4CCC3COC4)cc12)c1cccc2c1OCC2(F)F. The molecule has 2 bridgehead atoms. The number of alkyl halides is 2. The van der Waals surface area contributed by atoms with Crippen LogP contribution in [0.2, 0.25) is 0 Å². The third kappa shape index (κ3) is 3.62. The lowest BCUT2D eigenvalue weighted by molar-refractivity contribution is -0.0214. The van der Waals surface area contributed by atoms with Crippen LogP contribution in [0.4, 0.5) is 26.1 Å². The van der Waals surface area contributed by atoms with Crippen molar-refractivity contribution in [1.82, 2.24) is 15.2 Å². The largest absolute Gasteiger partial charge is 0.486 e. The summed E-state index contributed by atoms with van der Waals surface area (Å²) in [6, 6.07) is 7.32. The molecule has 0 amide bonds. The molecule has 10 heteroatoms. The third-order valence-corrected chi connectivity index (χ3v) is 7.20. The minimum atomic E-state index is -2.98. The molecular weight excluding hydrogens is 454 g/mol. The van der Waals surface area contributed by atoms with Crippen LogP contribution < -0.4 is 19.9 Å². The molecule has 3 atom stereocenters. The van der Waals surface area contributed by atoms with E-state index in [0.29, 0.717) is 29.3 Å². The van der Waals surface area contributed by atoms with Gasteiger partial charge >= 0.3 is 5.92 Å². The van der Waals surface area contributed by atoms with E-state index in [1.165, 1.54) is 6.07 Å². The van der Waals surface area contributed by atoms with Crippen LogP contribution >= 0.6 is 0 Å². The Morgan fingerprint density at radius 1 is 1.17 bits per heavy atom. The summed E-state index contributed by atoms with van der Waals surface area (Å²) >= 11 is 0. The van der Waals surface area contributed by atoms with E-state index in [0.717, 1.165) is 42.6 Å². The second-order valence-corrected chi connectivity index (χ2v) is 9.77. The zero-order valence-electron chi connectivity index (χ0n) is 20.0. The number of nitrogens with zero attached hydrogens (tertiary/aromatic N) is 5. The first-order valence-electron chi connectivity index (χ1n) is 11.9. The van der Waals surface area contributed by atoms with Crippen LogP contribution in [0, 0.1) is 0 Å². The molecular formula is C25H28F2N6O2. The molecule has 1 aromatic carbocycles. The highest BCUT2D eigenvalue weighted by molar-refractivity contribution is 5.97. The van der Waals surface area contributed by atoms with Gasteiger partial charge in [0, 0.05) is 19.7 Å². The summed E-state index contributed by atoms with van der Waals surface area (Å²) in [6.07, 6.45) is 4.11. The number of hydrogen-bond acceptors (Lipinski definition) is 8. The number of pyridine rings is 1. The number of halogens is 2. The topological polar surface area (TPSA) is 75.6 Å². The van der Waals surface area contributed by atoms with E-state index in [1.54, 1.807) is 12.1 Å². The number of morpholine rings is 1. The average molecular weight is 483 g/mol. The molecule has 3 aromatic rings. The third-order valence-electron chi connectivity index (χ3n) is 7.20. The number of anilines is 3. The van der Waals surface area contributed by atoms with Crippen molar-refractivity contribution in [3.63, 3.8) is 0 Å². The molecule has 6 rings (SSSR count). The molecule has 0 aliphatic carbocycles. The van der Waals surface area contributed by atoms with Gasteiger partial charge in [-0.3, -0.25) is 0 Å². The lowest BCUT2D eigenvalue weighted by Crippen LogP contribution is -2.46. The van der Waals surface area contributed by atoms with E-state index in [9.17, 15) is 8.78 Å². The molecule has 0 saturated carbocycles. The second kappa shape index (κ2) is 8.15. The van der Waals surface area contributed by atoms with Crippen LogP contribution in [0.15, 0.2) is 30.5 Å². The Morgan fingerprint density at radius 2 is 1.94 bits per heavy atom. The molecule has 35 heavy (non-hydrogen) atoms. The number of para-hydroxylation sites is 1. The van der Waals surface area contributed by atoms with Crippen LogP contribution in [0.3, 0.4) is 0 Å². The van der Waals surface area contributed by atoms with Gasteiger partial charge in [-0.15, -0.1) is 10.2 Å². The van der Waals surface area contributed by atoms with Gasteiger partial charge in [-0.1, -0.05) is 12.1 Å². The zero-order valence-corrected chi connectivity index (χ0v) is 20.0. The fraction of sp³-hybridized carbons (Fsp3) is 0.480. The Labute approximate surface area is 202 Å². The summed E-state index contributed by atoms with van der Waals surface area (Å²) < 4.78 is 39.6. The van der Waals surface area contributed by atoms with Gasteiger partial charge in [0.2, 0.25) is 0 Å². The molecule has 0 radical (unpaired) electrons. The van der Waals surface area contributed by atoms with Gasteiger partial charge < -0.3 is 24.6 Å². The lowest BCUT2D eigenvalue weighted by atomic mass is 10.0. The standard InChI is InChI=1S/C25H28F2N6O2/c1-14(18-5-4-6-20-22(18)35-13-25(20,26)27)29-23-19-9-17(33-15-7-8-16(33)12-34-11-15)10-28-21(19)24(31-30-23)32(2)3/h4-6,9-10,14-16H,7-8,11-13H2,1-3H3,(H,29,30)/t14-,15?,16?/m1/s1. The van der Waals surface area contributed by atoms with Crippen molar-refractivity contribution < 1.29 is 18.3 Å². The summed E-state index contributed by atoms with van der Waals surface area (Å²) in [6.45, 7) is 2.71. The van der Waals surface area contributed by atoms with Crippen LogP contribution in [0.25, 0.3) is 10.9 Å². The molecule has 3 aliphatic rings. The lowest BCUT2D eigenvalue weighted by Gasteiger charge is -2.36. The first kappa shape index (κ1) is 22.2. The molecule has 3 aliphatic heterocycles. The molecule has 2 saturated heterocycles. The van der Waals surface area contributed by atoms with Gasteiger partial charge in [-0.05, 0) is 31.9 Å². The van der Waals surface area contributed by atoms with E-state index in [1.807, 2.05) is 32.1 Å². The quantitative estimate of drug-likeness (QED) is 0.582. The molecule has 0 spiro atoms. The van der Waals surface area contributed by atoms with Crippen molar-refractivity contribution in [2.75, 3.05) is 49.0 Å². The van der Waals surface area contributed by atoms with Gasteiger partial charge in [0.1, 0.15) is 11.3 Å².